The van der Waals surface area contributed by atoms with Crippen molar-refractivity contribution in [2.24, 2.45) is 0 Å². The van der Waals surface area contributed by atoms with Crippen LogP contribution in [0.3, 0.4) is 0 Å². The Labute approximate surface area is 117 Å². The molecule has 0 saturated carbocycles. The molecule has 0 spiro atoms. The van der Waals surface area contributed by atoms with E-state index in [4.69, 9.17) is 28.9 Å². The summed E-state index contributed by atoms with van der Waals surface area (Å²) in [5, 5.41) is 1.88. The molecule has 3 aromatic rings. The van der Waals surface area contributed by atoms with Gasteiger partial charge >= 0.3 is 0 Å². The molecule has 0 amide bonds. The first-order valence-corrected chi connectivity index (χ1v) is 6.69. The molecule has 2 N–H and O–H groups in total. The van der Waals surface area contributed by atoms with Gasteiger partial charge in [0.25, 0.3) is 0 Å². The molecule has 3 rings (SSSR count). The summed E-state index contributed by atoms with van der Waals surface area (Å²) >= 11 is 13.4. The van der Waals surface area contributed by atoms with Gasteiger partial charge in [0.2, 0.25) is 0 Å². The molecule has 6 heteroatoms. The molecule has 0 saturated heterocycles. The lowest BCUT2D eigenvalue weighted by Crippen LogP contribution is -1.88. The number of thiazole rings is 1. The predicted molar refractivity (Wildman–Crippen MR) is 77.3 cm³/mol. The second-order valence-corrected chi connectivity index (χ2v) is 5.49. The van der Waals surface area contributed by atoms with Crippen molar-refractivity contribution in [3.63, 3.8) is 0 Å². The first kappa shape index (κ1) is 11.7. The van der Waals surface area contributed by atoms with Crippen LogP contribution in [-0.2, 0) is 0 Å². The first-order chi connectivity index (χ1) is 8.65. The largest absolute Gasteiger partial charge is 0.398 e. The molecule has 18 heavy (non-hydrogen) atoms. The number of aromatic nitrogens is 2. The maximum Gasteiger partial charge on any atom is 0.148 e. The van der Waals surface area contributed by atoms with Crippen molar-refractivity contribution in [3.8, 4) is 10.6 Å². The quantitative estimate of drug-likeness (QED) is 0.539. The molecule has 0 aliphatic rings. The van der Waals surface area contributed by atoms with E-state index < -0.39 is 0 Å². The zero-order valence-electron chi connectivity index (χ0n) is 9.02. The van der Waals surface area contributed by atoms with Gasteiger partial charge < -0.3 is 5.73 Å². The van der Waals surface area contributed by atoms with Gasteiger partial charge in [0.1, 0.15) is 10.2 Å². The number of nitrogens with two attached hydrogens (primary N) is 1. The standard InChI is InChI=1S/C12H7Cl2N3S/c13-6-1-2-7(8(15)5-6)12-17-9-3-4-16-11(14)10(9)18-12/h1-5H,15H2. The van der Waals surface area contributed by atoms with E-state index in [0.717, 1.165) is 20.8 Å². The summed E-state index contributed by atoms with van der Waals surface area (Å²) in [7, 11) is 0. The van der Waals surface area contributed by atoms with Crippen molar-refractivity contribution in [1.82, 2.24) is 9.97 Å². The first-order valence-electron chi connectivity index (χ1n) is 5.11. The number of halogens is 2. The van der Waals surface area contributed by atoms with E-state index >= 15 is 0 Å². The fraction of sp³-hybridized carbons (Fsp3) is 0. The molecule has 1 aromatic carbocycles. The molecule has 0 unspecified atom stereocenters. The molecular weight excluding hydrogens is 289 g/mol. The lowest BCUT2D eigenvalue weighted by molar-refractivity contribution is 1.35. The summed E-state index contributed by atoms with van der Waals surface area (Å²) < 4.78 is 0.864. The minimum absolute atomic E-state index is 0.462. The molecule has 3 nitrogen and oxygen atoms in total. The summed E-state index contributed by atoms with van der Waals surface area (Å²) in [4.78, 5) is 8.54. The number of rotatable bonds is 1. The van der Waals surface area contributed by atoms with Crippen LogP contribution in [0.15, 0.2) is 30.5 Å². The number of pyridine rings is 1. The highest BCUT2D eigenvalue weighted by Gasteiger charge is 2.11. The molecule has 0 aliphatic heterocycles. The Bertz CT molecular complexity index is 739. The molecule has 0 atom stereocenters. The average molecular weight is 296 g/mol. The van der Waals surface area contributed by atoms with Crippen molar-refractivity contribution >= 4 is 50.4 Å². The summed E-state index contributed by atoms with van der Waals surface area (Å²) in [5.41, 5.74) is 8.23. The van der Waals surface area contributed by atoms with Gasteiger partial charge in [0.05, 0.1) is 10.2 Å². The Morgan fingerprint density at radius 3 is 2.72 bits per heavy atom. The topological polar surface area (TPSA) is 51.8 Å². The third-order valence-corrected chi connectivity index (χ3v) is 4.25. The lowest BCUT2D eigenvalue weighted by atomic mass is 10.2. The van der Waals surface area contributed by atoms with Crippen LogP contribution in [-0.4, -0.2) is 9.97 Å². The van der Waals surface area contributed by atoms with Crippen LogP contribution in [0.5, 0.6) is 0 Å². The minimum Gasteiger partial charge on any atom is -0.398 e. The van der Waals surface area contributed by atoms with Crippen LogP contribution < -0.4 is 5.73 Å². The van der Waals surface area contributed by atoms with E-state index in [-0.39, 0.29) is 0 Å². The van der Waals surface area contributed by atoms with Crippen LogP contribution in [0.4, 0.5) is 5.69 Å². The van der Waals surface area contributed by atoms with Crippen LogP contribution in [0.1, 0.15) is 0 Å². The number of fused-ring (bicyclic) bond motifs is 1. The molecule has 90 valence electrons. The number of nitrogens with zero attached hydrogens (tertiary/aromatic N) is 2. The van der Waals surface area contributed by atoms with Gasteiger partial charge in [-0.1, -0.05) is 23.2 Å². The van der Waals surface area contributed by atoms with Crippen molar-refractivity contribution in [3.05, 3.63) is 40.6 Å². The summed E-state index contributed by atoms with van der Waals surface area (Å²) in [6.45, 7) is 0. The van der Waals surface area contributed by atoms with E-state index in [1.165, 1.54) is 11.3 Å². The third-order valence-electron chi connectivity index (χ3n) is 2.51. The van der Waals surface area contributed by atoms with Gasteiger partial charge in [-0.15, -0.1) is 11.3 Å². The fourth-order valence-corrected chi connectivity index (χ4v) is 3.11. The van der Waals surface area contributed by atoms with E-state index in [0.29, 0.717) is 15.9 Å². The van der Waals surface area contributed by atoms with Crippen LogP contribution in [0, 0.1) is 0 Å². The molecule has 0 aliphatic carbocycles. The summed E-state index contributed by atoms with van der Waals surface area (Å²) in [6.07, 6.45) is 1.64. The maximum atomic E-state index is 6.03. The minimum atomic E-state index is 0.462. The second-order valence-electron chi connectivity index (χ2n) is 3.70. The number of nitrogen functional groups attached to an aromatic ring is 1. The Hall–Kier alpha value is -1.36. The Balaban J connectivity index is 2.23. The SMILES string of the molecule is Nc1cc(Cl)ccc1-c1nc2ccnc(Cl)c2s1. The third kappa shape index (κ3) is 1.92. The van der Waals surface area contributed by atoms with Gasteiger partial charge in [0.15, 0.2) is 0 Å². The number of anilines is 1. The van der Waals surface area contributed by atoms with Crippen molar-refractivity contribution in [1.29, 1.82) is 0 Å². The van der Waals surface area contributed by atoms with Gasteiger partial charge in [0, 0.05) is 22.5 Å². The van der Waals surface area contributed by atoms with Gasteiger partial charge in [-0.25, -0.2) is 9.97 Å². The van der Waals surface area contributed by atoms with E-state index in [2.05, 4.69) is 9.97 Å². The molecular formula is C12H7Cl2N3S. The Kier molecular flexibility index (Phi) is 2.86. The molecule has 0 fully saturated rings. The maximum absolute atomic E-state index is 6.03. The second kappa shape index (κ2) is 4.39. The molecule has 2 heterocycles. The van der Waals surface area contributed by atoms with E-state index in [9.17, 15) is 0 Å². The molecule has 0 radical (unpaired) electrons. The highest BCUT2D eigenvalue weighted by atomic mass is 35.5. The molecule has 2 aromatic heterocycles. The van der Waals surface area contributed by atoms with Gasteiger partial charge in [-0.3, -0.25) is 0 Å². The fourth-order valence-electron chi connectivity index (χ4n) is 1.67. The van der Waals surface area contributed by atoms with E-state index in [1.54, 1.807) is 18.3 Å². The van der Waals surface area contributed by atoms with Gasteiger partial charge in [-0.05, 0) is 24.3 Å². The van der Waals surface area contributed by atoms with Gasteiger partial charge in [-0.2, -0.15) is 0 Å². The zero-order chi connectivity index (χ0) is 12.7. The van der Waals surface area contributed by atoms with E-state index in [1.807, 2.05) is 12.1 Å². The molecule has 0 bridgehead atoms. The average Bonchev–Trinajstić information content (AvgIpc) is 2.74. The van der Waals surface area contributed by atoms with Crippen molar-refractivity contribution in [2.45, 2.75) is 0 Å². The van der Waals surface area contributed by atoms with Crippen LogP contribution in [0.25, 0.3) is 20.8 Å². The smallest absolute Gasteiger partial charge is 0.148 e. The lowest BCUT2D eigenvalue weighted by Gasteiger charge is -2.01. The monoisotopic (exact) mass is 295 g/mol. The number of hydrogen-bond donors (Lipinski definition) is 1. The zero-order valence-corrected chi connectivity index (χ0v) is 11.4. The highest BCUT2D eigenvalue weighted by Crippen LogP contribution is 2.36. The summed E-state index contributed by atoms with van der Waals surface area (Å²) in [5.74, 6) is 0. The highest BCUT2D eigenvalue weighted by molar-refractivity contribution is 7.22. The van der Waals surface area contributed by atoms with Crippen molar-refractivity contribution < 1.29 is 0 Å². The van der Waals surface area contributed by atoms with Crippen LogP contribution >= 0.6 is 34.5 Å². The number of benzene rings is 1. The van der Waals surface area contributed by atoms with Crippen molar-refractivity contribution in [2.75, 3.05) is 5.73 Å². The predicted octanol–water partition coefficient (Wildman–Crippen LogP) is 4.25. The Morgan fingerprint density at radius 1 is 1.17 bits per heavy atom. The number of hydrogen-bond acceptors (Lipinski definition) is 4. The normalized spacial score (nSPS) is 11.0. The summed E-state index contributed by atoms with van der Waals surface area (Å²) in [6, 6.07) is 7.19. The Morgan fingerprint density at radius 2 is 2.00 bits per heavy atom. The van der Waals surface area contributed by atoms with Crippen LogP contribution in [0.2, 0.25) is 10.2 Å².